The molecular weight excluding hydrogens is 462 g/mol. The van der Waals surface area contributed by atoms with Crippen LogP contribution >= 0.6 is 11.8 Å². The highest BCUT2D eigenvalue weighted by Gasteiger charge is 2.76. The van der Waals surface area contributed by atoms with Crippen molar-refractivity contribution in [3.8, 4) is 0 Å². The Morgan fingerprint density at radius 1 is 1.17 bits per heavy atom. The van der Waals surface area contributed by atoms with Gasteiger partial charge >= 0.3 is 0 Å². The number of aliphatic hydroxyl groups is 1. The van der Waals surface area contributed by atoms with E-state index in [1.165, 1.54) is 0 Å². The predicted octanol–water partition coefficient (Wildman–Crippen LogP) is 2.94. The molecule has 0 aromatic carbocycles. The Labute approximate surface area is 215 Å². The van der Waals surface area contributed by atoms with Gasteiger partial charge in [0.15, 0.2) is 0 Å². The maximum absolute atomic E-state index is 14.2. The number of unbranched alkanes of at least 4 members (excludes halogenated alkanes) is 1. The van der Waals surface area contributed by atoms with Gasteiger partial charge in [0.25, 0.3) is 0 Å². The van der Waals surface area contributed by atoms with Crippen LogP contribution in [0.15, 0.2) is 25.3 Å². The lowest BCUT2D eigenvalue weighted by molar-refractivity contribution is -0.146. The summed E-state index contributed by atoms with van der Waals surface area (Å²) in [5, 5.41) is 10.1. The zero-order valence-electron chi connectivity index (χ0n) is 21.8. The summed E-state index contributed by atoms with van der Waals surface area (Å²) in [6, 6.07) is -1.20. The molecule has 7 atom stereocenters. The molecule has 0 aromatic rings. The van der Waals surface area contributed by atoms with Crippen molar-refractivity contribution < 1.29 is 19.5 Å². The van der Waals surface area contributed by atoms with Gasteiger partial charge in [0.05, 0.1) is 29.2 Å². The largest absolute Gasteiger partial charge is 0.394 e. The summed E-state index contributed by atoms with van der Waals surface area (Å²) >= 11 is 1.69. The third-order valence-electron chi connectivity index (χ3n) is 8.04. The molecule has 0 saturated carbocycles. The molecule has 3 rings (SSSR count). The quantitative estimate of drug-likeness (QED) is 0.389. The van der Waals surface area contributed by atoms with E-state index in [-0.39, 0.29) is 35.5 Å². The van der Waals surface area contributed by atoms with Crippen molar-refractivity contribution in [3.05, 3.63) is 25.3 Å². The van der Waals surface area contributed by atoms with Crippen LogP contribution in [0.5, 0.6) is 0 Å². The number of amides is 3. The summed E-state index contributed by atoms with van der Waals surface area (Å²) in [6.45, 7) is 17.5. The fraction of sp³-hybridized carbons (Fsp3) is 0.741. The fourth-order valence-electron chi connectivity index (χ4n) is 6.48. The van der Waals surface area contributed by atoms with Crippen molar-refractivity contribution in [1.82, 2.24) is 14.7 Å². The molecule has 3 fully saturated rings. The monoisotopic (exact) mass is 505 g/mol. The summed E-state index contributed by atoms with van der Waals surface area (Å²) in [7, 11) is 0. The number of thioether (sulfide) groups is 1. The molecule has 2 bridgehead atoms. The fourth-order valence-corrected chi connectivity index (χ4v) is 8.88. The lowest BCUT2D eigenvalue weighted by Gasteiger charge is -2.42. The zero-order valence-corrected chi connectivity index (χ0v) is 22.6. The highest BCUT2D eigenvalue weighted by Crippen LogP contribution is 2.69. The van der Waals surface area contributed by atoms with E-state index in [0.29, 0.717) is 26.2 Å². The Hall–Kier alpha value is -1.80. The third-order valence-corrected chi connectivity index (χ3v) is 10.1. The molecule has 196 valence electrons. The first-order chi connectivity index (χ1) is 16.7. The predicted molar refractivity (Wildman–Crippen MR) is 141 cm³/mol. The second-order valence-corrected chi connectivity index (χ2v) is 11.9. The van der Waals surface area contributed by atoms with Gasteiger partial charge in [0.1, 0.15) is 6.04 Å². The Kier molecular flexibility index (Phi) is 9.13. The van der Waals surface area contributed by atoms with Gasteiger partial charge in [-0.25, -0.2) is 0 Å². The zero-order chi connectivity index (χ0) is 25.9. The first kappa shape index (κ1) is 27.8. The number of hydrogen-bond donors (Lipinski definition) is 1. The number of fused-ring (bicyclic) bond motifs is 1. The van der Waals surface area contributed by atoms with Crippen LogP contribution in [0.4, 0.5) is 0 Å². The van der Waals surface area contributed by atoms with Gasteiger partial charge in [0, 0.05) is 31.4 Å². The number of hydrogen-bond acceptors (Lipinski definition) is 5. The topological polar surface area (TPSA) is 81.2 Å². The van der Waals surface area contributed by atoms with Crippen LogP contribution in [0, 0.1) is 17.8 Å². The molecular formula is C27H43N3O4S. The molecule has 3 aliphatic heterocycles. The molecule has 7 nitrogen and oxygen atoms in total. The average molecular weight is 506 g/mol. The second-order valence-electron chi connectivity index (χ2n) is 10.3. The Balaban J connectivity index is 2.08. The molecule has 3 amide bonds. The molecule has 0 aromatic heterocycles. The van der Waals surface area contributed by atoms with Crippen molar-refractivity contribution in [3.63, 3.8) is 0 Å². The van der Waals surface area contributed by atoms with E-state index in [1.807, 2.05) is 11.8 Å². The molecule has 8 heteroatoms. The molecule has 35 heavy (non-hydrogen) atoms. The average Bonchev–Trinajstić information content (AvgIpc) is 3.44. The number of carbonyl (C=O) groups excluding carboxylic acids is 3. The van der Waals surface area contributed by atoms with Crippen molar-refractivity contribution >= 4 is 29.5 Å². The number of rotatable bonds is 13. The molecule has 1 N–H and O–H groups in total. The highest BCUT2D eigenvalue weighted by molar-refractivity contribution is 8.02. The van der Waals surface area contributed by atoms with Crippen LogP contribution in [0.3, 0.4) is 0 Å². The van der Waals surface area contributed by atoms with Gasteiger partial charge in [-0.15, -0.1) is 24.9 Å². The minimum absolute atomic E-state index is 0.00462. The van der Waals surface area contributed by atoms with E-state index in [2.05, 4.69) is 27.0 Å². The van der Waals surface area contributed by atoms with Crippen molar-refractivity contribution in [2.45, 2.75) is 75.5 Å². The summed E-state index contributed by atoms with van der Waals surface area (Å²) in [5.74, 6) is -1.15. The van der Waals surface area contributed by atoms with Crippen molar-refractivity contribution in [2.24, 2.45) is 17.8 Å². The van der Waals surface area contributed by atoms with E-state index in [0.717, 1.165) is 25.7 Å². The summed E-state index contributed by atoms with van der Waals surface area (Å²) in [5.41, 5.74) is 0. The minimum atomic E-state index is -0.694. The number of likely N-dealkylation sites (tertiary alicyclic amines) is 1. The standard InChI is InChI=1S/C27H43N3O4S/c1-7-11-15-29(14-10-4)26(34)23-27-18(5)16-20(35-27)21(24(32)28(12-8-2)13-9-3)22(27)25(33)30(23)19(6)17-31/h8,10,18-23,31H,2,4,7,9,11-17H2,1,3,5-6H3/t18?,19-,20+,21-,22+,23?,27?/m1/s1. The lowest BCUT2D eigenvalue weighted by atomic mass is 9.65. The van der Waals surface area contributed by atoms with E-state index < -0.39 is 28.7 Å². The SMILES string of the molecule is C=CCN(CCCC)C(=O)C1N([C@H](C)CO)C(=O)[C@@H]2[C@H](C(=O)N(CC=C)CCC)[C@@H]3CC(C)C12S3. The minimum Gasteiger partial charge on any atom is -0.394 e. The van der Waals surface area contributed by atoms with Gasteiger partial charge in [-0.2, -0.15) is 0 Å². The first-order valence-electron chi connectivity index (χ1n) is 13.1. The molecule has 3 saturated heterocycles. The van der Waals surface area contributed by atoms with Crippen LogP contribution in [0.1, 0.15) is 53.4 Å². The summed E-state index contributed by atoms with van der Waals surface area (Å²) in [6.07, 6.45) is 6.91. The number of aliphatic hydroxyl groups excluding tert-OH is 1. The van der Waals surface area contributed by atoms with E-state index in [1.54, 1.807) is 40.6 Å². The van der Waals surface area contributed by atoms with E-state index in [4.69, 9.17) is 0 Å². The molecule has 3 unspecified atom stereocenters. The summed E-state index contributed by atoms with van der Waals surface area (Å²) in [4.78, 5) is 47.4. The van der Waals surface area contributed by atoms with Gasteiger partial charge in [-0.3, -0.25) is 14.4 Å². The van der Waals surface area contributed by atoms with Crippen molar-refractivity contribution in [1.29, 1.82) is 0 Å². The molecule has 3 heterocycles. The van der Waals surface area contributed by atoms with Gasteiger partial charge in [-0.1, -0.05) is 39.3 Å². The Morgan fingerprint density at radius 2 is 1.80 bits per heavy atom. The first-order valence-corrected chi connectivity index (χ1v) is 14.0. The maximum Gasteiger partial charge on any atom is 0.247 e. The van der Waals surface area contributed by atoms with Crippen LogP contribution in [-0.4, -0.2) is 92.4 Å². The van der Waals surface area contributed by atoms with Crippen LogP contribution < -0.4 is 0 Å². The lowest BCUT2D eigenvalue weighted by Crippen LogP contribution is -2.59. The van der Waals surface area contributed by atoms with Crippen molar-refractivity contribution in [2.75, 3.05) is 32.8 Å². The number of nitrogens with zero attached hydrogens (tertiary/aromatic N) is 3. The second kappa shape index (κ2) is 11.5. The third kappa shape index (κ3) is 4.57. The van der Waals surface area contributed by atoms with Gasteiger partial charge in [-0.05, 0) is 32.1 Å². The summed E-state index contributed by atoms with van der Waals surface area (Å²) < 4.78 is -0.666. The molecule has 0 radical (unpaired) electrons. The Morgan fingerprint density at radius 3 is 2.34 bits per heavy atom. The van der Waals surface area contributed by atoms with Gasteiger partial charge < -0.3 is 19.8 Å². The maximum atomic E-state index is 14.2. The van der Waals surface area contributed by atoms with E-state index >= 15 is 0 Å². The Bertz CT molecular complexity index is 835. The van der Waals surface area contributed by atoms with E-state index in [9.17, 15) is 19.5 Å². The van der Waals surface area contributed by atoms with Gasteiger partial charge in [0.2, 0.25) is 17.7 Å². The smallest absolute Gasteiger partial charge is 0.247 e. The molecule has 3 aliphatic rings. The highest BCUT2D eigenvalue weighted by atomic mass is 32.2. The molecule has 1 spiro atoms. The number of carbonyl (C=O) groups is 3. The molecule has 0 aliphatic carbocycles. The van der Waals surface area contributed by atoms with Crippen LogP contribution in [0.25, 0.3) is 0 Å². The normalized spacial score (nSPS) is 31.9. The van der Waals surface area contributed by atoms with Crippen LogP contribution in [0.2, 0.25) is 0 Å². The van der Waals surface area contributed by atoms with Crippen LogP contribution in [-0.2, 0) is 14.4 Å².